The Morgan fingerprint density at radius 2 is 1.73 bits per heavy atom. The summed E-state index contributed by atoms with van der Waals surface area (Å²) in [7, 11) is 0. The normalized spacial score (nSPS) is 11.1. The first-order chi connectivity index (χ1) is 12.5. The highest BCUT2D eigenvalue weighted by atomic mass is 35.5. The van der Waals surface area contributed by atoms with E-state index in [0.717, 1.165) is 22.4 Å². The van der Waals surface area contributed by atoms with Crippen molar-refractivity contribution in [1.29, 1.82) is 0 Å². The van der Waals surface area contributed by atoms with Crippen LogP contribution in [0.5, 0.6) is 5.75 Å². The number of halogens is 3. The van der Waals surface area contributed by atoms with Gasteiger partial charge in [0.2, 0.25) is 0 Å². The molecule has 3 aromatic carbocycles. The van der Waals surface area contributed by atoms with Crippen LogP contribution in [-0.2, 0) is 6.61 Å². The highest BCUT2D eigenvalue weighted by Gasteiger charge is 2.05. The number of aryl methyl sites for hydroxylation is 1. The maximum absolute atomic E-state index is 6.33. The van der Waals surface area contributed by atoms with E-state index in [1.807, 2.05) is 67.6 Å². The van der Waals surface area contributed by atoms with Crippen LogP contribution in [0.4, 0.5) is 5.69 Å². The molecule has 0 spiro atoms. The Kier molecular flexibility index (Phi) is 6.20. The zero-order valence-corrected chi connectivity index (χ0v) is 16.3. The lowest BCUT2D eigenvalue weighted by Gasteiger charge is -2.09. The number of ether oxygens (including phenoxy) is 1. The van der Waals surface area contributed by atoms with Crippen LogP contribution in [0.3, 0.4) is 0 Å². The number of benzene rings is 3. The first-order valence-corrected chi connectivity index (χ1v) is 9.12. The third-order valence-electron chi connectivity index (χ3n) is 3.82. The van der Waals surface area contributed by atoms with Crippen molar-refractivity contribution in [2.75, 3.05) is 0 Å². The van der Waals surface area contributed by atoms with Crippen LogP contribution in [0.2, 0.25) is 15.1 Å². The van der Waals surface area contributed by atoms with Gasteiger partial charge in [-0.15, -0.1) is 0 Å². The van der Waals surface area contributed by atoms with E-state index in [1.54, 1.807) is 6.21 Å². The second kappa shape index (κ2) is 8.59. The minimum atomic E-state index is 0.356. The first-order valence-electron chi connectivity index (χ1n) is 7.99. The van der Waals surface area contributed by atoms with Gasteiger partial charge < -0.3 is 4.74 Å². The molecule has 3 aromatic rings. The van der Waals surface area contributed by atoms with Gasteiger partial charge in [-0.25, -0.2) is 0 Å². The van der Waals surface area contributed by atoms with Gasteiger partial charge in [-0.2, -0.15) is 0 Å². The van der Waals surface area contributed by atoms with E-state index in [9.17, 15) is 0 Å². The predicted molar refractivity (Wildman–Crippen MR) is 111 cm³/mol. The molecule has 0 heterocycles. The molecular formula is C21H16Cl3NO. The standard InChI is InChI=1S/C21H16Cl3NO/c1-14-6-8-17(22)11-20(14)25-12-15-7-9-21(19(24)10-15)26-13-16-4-2-3-5-18(16)23/h2-12H,13H2,1H3. The lowest BCUT2D eigenvalue weighted by Crippen LogP contribution is -1.97. The molecule has 3 rings (SSSR count). The average Bonchev–Trinajstić information content (AvgIpc) is 2.63. The number of rotatable bonds is 5. The fraction of sp³-hybridized carbons (Fsp3) is 0.0952. The smallest absolute Gasteiger partial charge is 0.138 e. The summed E-state index contributed by atoms with van der Waals surface area (Å²) in [4.78, 5) is 4.49. The summed E-state index contributed by atoms with van der Waals surface area (Å²) >= 11 is 18.5. The molecule has 0 atom stereocenters. The second-order valence-corrected chi connectivity index (χ2v) is 7.01. The van der Waals surface area contributed by atoms with Gasteiger partial charge in [0.05, 0.1) is 10.7 Å². The minimum absolute atomic E-state index is 0.356. The monoisotopic (exact) mass is 403 g/mol. The van der Waals surface area contributed by atoms with Crippen molar-refractivity contribution in [3.63, 3.8) is 0 Å². The fourth-order valence-corrected chi connectivity index (χ4v) is 2.95. The van der Waals surface area contributed by atoms with Gasteiger partial charge in [-0.1, -0.05) is 59.1 Å². The van der Waals surface area contributed by atoms with E-state index >= 15 is 0 Å². The average molecular weight is 405 g/mol. The van der Waals surface area contributed by atoms with Crippen LogP contribution in [0, 0.1) is 6.92 Å². The Morgan fingerprint density at radius 1 is 0.923 bits per heavy atom. The summed E-state index contributed by atoms with van der Waals surface area (Å²) < 4.78 is 5.78. The highest BCUT2D eigenvalue weighted by molar-refractivity contribution is 6.32. The van der Waals surface area contributed by atoms with Crippen molar-refractivity contribution in [2.45, 2.75) is 13.5 Å². The lowest BCUT2D eigenvalue weighted by molar-refractivity contribution is 0.306. The summed E-state index contributed by atoms with van der Waals surface area (Å²) in [6.45, 7) is 2.34. The molecule has 0 aliphatic heterocycles. The maximum Gasteiger partial charge on any atom is 0.138 e. The van der Waals surface area contributed by atoms with Crippen LogP contribution >= 0.6 is 34.8 Å². The molecule has 26 heavy (non-hydrogen) atoms. The van der Waals surface area contributed by atoms with Crippen LogP contribution in [0.25, 0.3) is 0 Å². The zero-order valence-electron chi connectivity index (χ0n) is 14.0. The van der Waals surface area contributed by atoms with Gasteiger partial charge in [0, 0.05) is 21.8 Å². The second-order valence-electron chi connectivity index (χ2n) is 5.76. The molecule has 2 nitrogen and oxygen atoms in total. The first kappa shape index (κ1) is 18.8. The van der Waals surface area contributed by atoms with Crippen molar-refractivity contribution in [2.24, 2.45) is 4.99 Å². The third-order valence-corrected chi connectivity index (χ3v) is 4.72. The molecule has 0 N–H and O–H groups in total. The number of nitrogens with zero attached hydrogens (tertiary/aromatic N) is 1. The molecule has 0 saturated heterocycles. The maximum atomic E-state index is 6.33. The molecule has 0 aliphatic carbocycles. The summed E-state index contributed by atoms with van der Waals surface area (Å²) in [6, 6.07) is 18.7. The number of hydrogen-bond donors (Lipinski definition) is 0. The molecule has 0 bridgehead atoms. The molecule has 0 amide bonds. The minimum Gasteiger partial charge on any atom is -0.487 e. The summed E-state index contributed by atoms with van der Waals surface area (Å²) in [5.41, 5.74) is 3.66. The van der Waals surface area contributed by atoms with Crippen molar-refractivity contribution in [1.82, 2.24) is 0 Å². The summed E-state index contributed by atoms with van der Waals surface area (Å²) in [5, 5.41) is 1.84. The quantitative estimate of drug-likeness (QED) is 0.409. The Labute approximate surface area is 168 Å². The molecule has 0 aliphatic rings. The Hall–Kier alpha value is -2.00. The predicted octanol–water partition coefficient (Wildman–Crippen LogP) is 7.28. The van der Waals surface area contributed by atoms with E-state index < -0.39 is 0 Å². The zero-order chi connectivity index (χ0) is 18.5. The van der Waals surface area contributed by atoms with Crippen LogP contribution in [-0.4, -0.2) is 6.21 Å². The van der Waals surface area contributed by atoms with Crippen molar-refractivity contribution in [3.05, 3.63) is 92.4 Å². The third kappa shape index (κ3) is 4.79. The number of aliphatic imine (C=N–C) groups is 1. The molecule has 0 radical (unpaired) electrons. The molecular weight excluding hydrogens is 389 g/mol. The molecule has 0 aromatic heterocycles. The summed E-state index contributed by atoms with van der Waals surface area (Å²) in [6.07, 6.45) is 1.75. The summed E-state index contributed by atoms with van der Waals surface area (Å²) in [5.74, 6) is 0.600. The van der Waals surface area contributed by atoms with E-state index in [-0.39, 0.29) is 0 Å². The van der Waals surface area contributed by atoms with Crippen LogP contribution in [0.1, 0.15) is 16.7 Å². The van der Waals surface area contributed by atoms with Crippen molar-refractivity contribution < 1.29 is 4.74 Å². The van der Waals surface area contributed by atoms with Crippen molar-refractivity contribution in [3.8, 4) is 5.75 Å². The Morgan fingerprint density at radius 3 is 2.50 bits per heavy atom. The molecule has 0 unspecified atom stereocenters. The van der Waals surface area contributed by atoms with Gasteiger partial charge >= 0.3 is 0 Å². The highest BCUT2D eigenvalue weighted by Crippen LogP contribution is 2.28. The molecule has 5 heteroatoms. The topological polar surface area (TPSA) is 21.6 Å². The molecule has 132 valence electrons. The van der Waals surface area contributed by atoms with Gasteiger partial charge in [0.1, 0.15) is 12.4 Å². The van der Waals surface area contributed by atoms with Gasteiger partial charge in [-0.05, 0) is 54.4 Å². The van der Waals surface area contributed by atoms with E-state index in [4.69, 9.17) is 39.5 Å². The Bertz CT molecular complexity index is 954. The van der Waals surface area contributed by atoms with Gasteiger partial charge in [0.15, 0.2) is 0 Å². The number of hydrogen-bond acceptors (Lipinski definition) is 2. The Balaban J connectivity index is 1.72. The SMILES string of the molecule is Cc1ccc(Cl)cc1N=Cc1ccc(OCc2ccccc2Cl)c(Cl)c1. The fourth-order valence-electron chi connectivity index (χ4n) is 2.35. The van der Waals surface area contributed by atoms with E-state index in [1.165, 1.54) is 0 Å². The van der Waals surface area contributed by atoms with E-state index in [2.05, 4.69) is 4.99 Å². The van der Waals surface area contributed by atoms with Gasteiger partial charge in [-0.3, -0.25) is 4.99 Å². The lowest BCUT2D eigenvalue weighted by atomic mass is 10.2. The van der Waals surface area contributed by atoms with Gasteiger partial charge in [0.25, 0.3) is 0 Å². The van der Waals surface area contributed by atoms with Crippen LogP contribution in [0.15, 0.2) is 65.7 Å². The van der Waals surface area contributed by atoms with E-state index in [0.29, 0.717) is 27.4 Å². The van der Waals surface area contributed by atoms with Crippen LogP contribution < -0.4 is 4.74 Å². The molecule has 0 fully saturated rings. The largest absolute Gasteiger partial charge is 0.487 e. The molecule has 0 saturated carbocycles. The van der Waals surface area contributed by atoms with Crippen molar-refractivity contribution >= 4 is 46.7 Å².